The molecule has 0 saturated carbocycles. The summed E-state index contributed by atoms with van der Waals surface area (Å²) in [6.45, 7) is 2.71. The first-order chi connectivity index (χ1) is 11.2. The highest BCUT2D eigenvalue weighted by atomic mass is 16.1. The fraction of sp³-hybridized carbons (Fsp3) is 0.111. The smallest absolute Gasteiger partial charge is 0.280 e. The first kappa shape index (κ1) is 14.8. The lowest BCUT2D eigenvalue weighted by Gasteiger charge is -2.07. The molecule has 0 aliphatic heterocycles. The quantitative estimate of drug-likeness (QED) is 0.746. The average molecular weight is 304 g/mol. The first-order valence-electron chi connectivity index (χ1n) is 7.29. The molecule has 114 valence electrons. The largest absolute Gasteiger partial charge is 0.328 e. The second-order valence-corrected chi connectivity index (χ2v) is 5.22. The molecule has 0 aliphatic rings. The minimum absolute atomic E-state index is 0.330. The van der Waals surface area contributed by atoms with Crippen LogP contribution in [0.1, 0.15) is 21.5 Å². The van der Waals surface area contributed by atoms with Gasteiger partial charge in [-0.2, -0.15) is 15.2 Å². The summed E-state index contributed by atoms with van der Waals surface area (Å²) in [6.07, 6.45) is 4.81. The van der Waals surface area contributed by atoms with Crippen LogP contribution in [0.3, 0.4) is 0 Å². The third kappa shape index (κ3) is 3.77. The lowest BCUT2D eigenvalue weighted by atomic mass is 10.1. The molecule has 0 saturated heterocycles. The Morgan fingerprint density at radius 3 is 2.65 bits per heavy atom. The van der Waals surface area contributed by atoms with Gasteiger partial charge in [0.25, 0.3) is 5.91 Å². The molecule has 0 aliphatic carbocycles. The maximum Gasteiger partial charge on any atom is 0.280 e. The zero-order valence-corrected chi connectivity index (χ0v) is 12.8. The van der Waals surface area contributed by atoms with E-state index >= 15 is 0 Å². The number of benzene rings is 1. The van der Waals surface area contributed by atoms with Gasteiger partial charge in [0.05, 0.1) is 18.0 Å². The summed E-state index contributed by atoms with van der Waals surface area (Å²) >= 11 is 0. The Hall–Kier alpha value is -3.08. The van der Waals surface area contributed by atoms with Crippen molar-refractivity contribution in [2.24, 2.45) is 4.99 Å². The Labute approximate surface area is 134 Å². The number of aromatic nitrogens is 3. The first-order valence-corrected chi connectivity index (χ1v) is 7.29. The highest BCUT2D eigenvalue weighted by molar-refractivity contribution is 5.94. The molecule has 3 aromatic rings. The van der Waals surface area contributed by atoms with Crippen molar-refractivity contribution in [3.63, 3.8) is 0 Å². The molecule has 0 unspecified atom stereocenters. The Bertz CT molecular complexity index is 867. The van der Waals surface area contributed by atoms with Crippen molar-refractivity contribution >= 4 is 5.91 Å². The van der Waals surface area contributed by atoms with Crippen LogP contribution >= 0.6 is 0 Å². The standard InChI is InChI=1S/C18H16N4O/c1-14-5-7-15(8-6-14)13-22-11-3-2-4-17(22)21-18(23)16-9-10-19-20-12-16/h2-12H,13H2,1H3. The normalized spacial score (nSPS) is 11.4. The number of nitrogens with zero attached hydrogens (tertiary/aromatic N) is 4. The van der Waals surface area contributed by atoms with Crippen molar-refractivity contribution in [1.29, 1.82) is 0 Å². The number of carbonyl (C=O) groups excluding carboxylic acids is 1. The van der Waals surface area contributed by atoms with Crippen LogP contribution in [0, 0.1) is 6.92 Å². The third-order valence-electron chi connectivity index (χ3n) is 3.44. The van der Waals surface area contributed by atoms with E-state index in [1.54, 1.807) is 6.07 Å². The van der Waals surface area contributed by atoms with Gasteiger partial charge in [0.1, 0.15) is 5.49 Å². The Kier molecular flexibility index (Phi) is 4.38. The van der Waals surface area contributed by atoms with Gasteiger partial charge in [-0.3, -0.25) is 4.79 Å². The Balaban J connectivity index is 1.93. The van der Waals surface area contributed by atoms with E-state index in [4.69, 9.17) is 0 Å². The number of aryl methyl sites for hydroxylation is 1. The van der Waals surface area contributed by atoms with Crippen LogP contribution in [0.25, 0.3) is 0 Å². The number of hydrogen-bond acceptors (Lipinski definition) is 3. The lowest BCUT2D eigenvalue weighted by Crippen LogP contribution is -2.22. The Morgan fingerprint density at radius 1 is 1.09 bits per heavy atom. The molecule has 0 spiro atoms. The van der Waals surface area contributed by atoms with Gasteiger partial charge in [0.15, 0.2) is 0 Å². The SMILES string of the molecule is Cc1ccc(Cn2ccccc2=NC(=O)c2ccnnc2)cc1. The van der Waals surface area contributed by atoms with Crippen LogP contribution in [0.15, 0.2) is 72.1 Å². The number of amides is 1. The van der Waals surface area contributed by atoms with E-state index in [-0.39, 0.29) is 5.91 Å². The second-order valence-electron chi connectivity index (χ2n) is 5.22. The van der Waals surface area contributed by atoms with Gasteiger partial charge in [-0.25, -0.2) is 0 Å². The van der Waals surface area contributed by atoms with E-state index in [1.807, 2.05) is 29.0 Å². The zero-order valence-electron chi connectivity index (χ0n) is 12.8. The molecule has 5 heteroatoms. The molecule has 0 fully saturated rings. The molecule has 0 N–H and O–H groups in total. The number of hydrogen-bond donors (Lipinski definition) is 0. The minimum atomic E-state index is -0.330. The van der Waals surface area contributed by atoms with Crippen molar-refractivity contribution in [3.05, 3.63) is 89.3 Å². The van der Waals surface area contributed by atoms with Gasteiger partial charge in [0, 0.05) is 12.7 Å². The highest BCUT2D eigenvalue weighted by Gasteiger charge is 2.04. The van der Waals surface area contributed by atoms with E-state index in [0.717, 1.165) is 5.56 Å². The van der Waals surface area contributed by atoms with Gasteiger partial charge < -0.3 is 4.57 Å². The molecule has 2 aromatic heterocycles. The third-order valence-corrected chi connectivity index (χ3v) is 3.44. The number of pyridine rings is 1. The second kappa shape index (κ2) is 6.79. The summed E-state index contributed by atoms with van der Waals surface area (Å²) in [5.74, 6) is -0.330. The summed E-state index contributed by atoms with van der Waals surface area (Å²) in [6, 6.07) is 15.5. The van der Waals surface area contributed by atoms with Crippen molar-refractivity contribution in [2.75, 3.05) is 0 Å². The highest BCUT2D eigenvalue weighted by Crippen LogP contribution is 2.04. The van der Waals surface area contributed by atoms with Crippen LogP contribution in [0.5, 0.6) is 0 Å². The molecule has 0 bridgehead atoms. The van der Waals surface area contributed by atoms with Crippen LogP contribution < -0.4 is 5.49 Å². The van der Waals surface area contributed by atoms with E-state index < -0.39 is 0 Å². The number of rotatable bonds is 3. The molecule has 5 nitrogen and oxygen atoms in total. The van der Waals surface area contributed by atoms with Crippen molar-refractivity contribution in [1.82, 2.24) is 14.8 Å². The maximum atomic E-state index is 12.2. The molecular formula is C18H16N4O. The molecule has 3 rings (SSSR count). The number of carbonyl (C=O) groups is 1. The monoisotopic (exact) mass is 304 g/mol. The molecule has 1 amide bonds. The molecule has 23 heavy (non-hydrogen) atoms. The molecule has 0 radical (unpaired) electrons. The Morgan fingerprint density at radius 2 is 1.91 bits per heavy atom. The predicted molar refractivity (Wildman–Crippen MR) is 86.6 cm³/mol. The molecular weight excluding hydrogens is 288 g/mol. The van der Waals surface area contributed by atoms with E-state index in [2.05, 4.69) is 46.4 Å². The minimum Gasteiger partial charge on any atom is -0.328 e. The van der Waals surface area contributed by atoms with Gasteiger partial charge in [-0.15, -0.1) is 0 Å². The summed E-state index contributed by atoms with van der Waals surface area (Å²) in [5.41, 5.74) is 3.40. The maximum absolute atomic E-state index is 12.2. The summed E-state index contributed by atoms with van der Waals surface area (Å²) in [5, 5.41) is 7.37. The fourth-order valence-electron chi connectivity index (χ4n) is 2.18. The van der Waals surface area contributed by atoms with E-state index in [1.165, 1.54) is 18.0 Å². The van der Waals surface area contributed by atoms with Gasteiger partial charge >= 0.3 is 0 Å². The summed E-state index contributed by atoms with van der Waals surface area (Å²) in [7, 11) is 0. The average Bonchev–Trinajstić information content (AvgIpc) is 2.59. The topological polar surface area (TPSA) is 60.1 Å². The van der Waals surface area contributed by atoms with Crippen molar-refractivity contribution < 1.29 is 4.79 Å². The van der Waals surface area contributed by atoms with Crippen molar-refractivity contribution in [2.45, 2.75) is 13.5 Å². The molecule has 2 heterocycles. The lowest BCUT2D eigenvalue weighted by molar-refractivity contribution is 0.0996. The van der Waals surface area contributed by atoms with Gasteiger partial charge in [-0.05, 0) is 30.7 Å². The molecule has 1 aromatic carbocycles. The van der Waals surface area contributed by atoms with Gasteiger partial charge in [-0.1, -0.05) is 35.9 Å². The van der Waals surface area contributed by atoms with E-state index in [0.29, 0.717) is 17.6 Å². The van der Waals surface area contributed by atoms with Crippen molar-refractivity contribution in [3.8, 4) is 0 Å². The van der Waals surface area contributed by atoms with Crippen LogP contribution in [0.4, 0.5) is 0 Å². The van der Waals surface area contributed by atoms with Crippen LogP contribution in [-0.4, -0.2) is 20.7 Å². The van der Waals surface area contributed by atoms with E-state index in [9.17, 15) is 4.79 Å². The van der Waals surface area contributed by atoms with Gasteiger partial charge in [0.2, 0.25) is 0 Å². The predicted octanol–water partition coefficient (Wildman–Crippen LogP) is 2.38. The fourth-order valence-corrected chi connectivity index (χ4v) is 2.18. The summed E-state index contributed by atoms with van der Waals surface area (Å²) < 4.78 is 1.94. The zero-order chi connectivity index (χ0) is 16.1. The van der Waals surface area contributed by atoms with Crippen LogP contribution in [0.2, 0.25) is 0 Å². The summed E-state index contributed by atoms with van der Waals surface area (Å²) in [4.78, 5) is 16.4. The van der Waals surface area contributed by atoms with Crippen LogP contribution in [-0.2, 0) is 6.54 Å². The molecule has 0 atom stereocenters.